The Morgan fingerprint density at radius 3 is 2.48 bits per heavy atom. The van der Waals surface area contributed by atoms with E-state index in [0.717, 1.165) is 15.8 Å². The van der Waals surface area contributed by atoms with Gasteiger partial charge < -0.3 is 10.8 Å². The summed E-state index contributed by atoms with van der Waals surface area (Å²) in [5.74, 6) is -0.718. The highest BCUT2D eigenvalue weighted by Crippen LogP contribution is 2.17. The molecule has 21 heavy (non-hydrogen) atoms. The summed E-state index contributed by atoms with van der Waals surface area (Å²) >= 11 is 0. The maximum absolute atomic E-state index is 11.7. The molecular formula is C15H17N3O3. The predicted molar refractivity (Wildman–Crippen MR) is 77.9 cm³/mol. The highest BCUT2D eigenvalue weighted by atomic mass is 16.3. The van der Waals surface area contributed by atoms with Crippen LogP contribution in [0.15, 0.2) is 35.1 Å². The normalized spacial score (nSPS) is 12.1. The van der Waals surface area contributed by atoms with Gasteiger partial charge in [0.05, 0.1) is 12.6 Å². The van der Waals surface area contributed by atoms with Gasteiger partial charge in [-0.3, -0.25) is 9.59 Å². The first kappa shape index (κ1) is 14.9. The van der Waals surface area contributed by atoms with Gasteiger partial charge >= 0.3 is 0 Å². The zero-order chi connectivity index (χ0) is 15.6. The van der Waals surface area contributed by atoms with Crippen molar-refractivity contribution >= 4 is 5.91 Å². The van der Waals surface area contributed by atoms with Crippen LogP contribution in [-0.4, -0.2) is 20.8 Å². The van der Waals surface area contributed by atoms with E-state index >= 15 is 0 Å². The molecule has 1 aromatic heterocycles. The largest absolute Gasteiger partial charge is 0.386 e. The van der Waals surface area contributed by atoms with Crippen molar-refractivity contribution in [3.8, 4) is 0 Å². The molecule has 0 saturated carbocycles. The monoisotopic (exact) mass is 287 g/mol. The third-order valence-electron chi connectivity index (χ3n) is 3.09. The summed E-state index contributed by atoms with van der Waals surface area (Å²) in [7, 11) is 0. The molecule has 2 aromatic rings. The number of carbonyl (C=O) groups excluding carboxylic acids is 1. The minimum absolute atomic E-state index is 0.0118. The highest BCUT2D eigenvalue weighted by Gasteiger charge is 2.13. The van der Waals surface area contributed by atoms with E-state index in [2.05, 4.69) is 5.10 Å². The fraction of sp³-hybridized carbons (Fsp3) is 0.267. The molecule has 0 saturated heterocycles. The number of aromatic nitrogens is 2. The fourth-order valence-corrected chi connectivity index (χ4v) is 2.18. The van der Waals surface area contributed by atoms with Gasteiger partial charge in [0.15, 0.2) is 0 Å². The topological polar surface area (TPSA) is 98.2 Å². The Kier molecular flexibility index (Phi) is 4.18. The molecule has 2 rings (SSSR count). The molecule has 0 aliphatic rings. The van der Waals surface area contributed by atoms with Crippen molar-refractivity contribution in [3.05, 3.63) is 63.1 Å². The van der Waals surface area contributed by atoms with Crippen LogP contribution in [0.4, 0.5) is 0 Å². The van der Waals surface area contributed by atoms with E-state index in [-0.39, 0.29) is 12.2 Å². The van der Waals surface area contributed by atoms with Gasteiger partial charge in [0, 0.05) is 6.07 Å². The number of aliphatic hydroxyl groups is 1. The molecule has 1 unspecified atom stereocenters. The maximum atomic E-state index is 11.7. The number of benzene rings is 1. The number of hydrogen-bond acceptors (Lipinski definition) is 4. The summed E-state index contributed by atoms with van der Waals surface area (Å²) in [6, 6.07) is 8.17. The SMILES string of the molecule is Cc1cc(C)cc(C(O)Cn2nc(C(N)=O)ccc2=O)c1. The van der Waals surface area contributed by atoms with Crippen molar-refractivity contribution in [1.29, 1.82) is 0 Å². The predicted octanol–water partition coefficient (Wildman–Crippen LogP) is 0.693. The van der Waals surface area contributed by atoms with Gasteiger partial charge in [0.1, 0.15) is 5.69 Å². The van der Waals surface area contributed by atoms with Crippen molar-refractivity contribution in [1.82, 2.24) is 9.78 Å². The average molecular weight is 287 g/mol. The summed E-state index contributed by atoms with van der Waals surface area (Å²) in [4.78, 5) is 22.8. The third kappa shape index (κ3) is 3.55. The Labute approximate surface area is 121 Å². The molecule has 0 spiro atoms. The second-order valence-electron chi connectivity index (χ2n) is 5.04. The van der Waals surface area contributed by atoms with E-state index in [1.165, 1.54) is 12.1 Å². The van der Waals surface area contributed by atoms with E-state index < -0.39 is 17.6 Å². The number of hydrogen-bond donors (Lipinski definition) is 2. The zero-order valence-electron chi connectivity index (χ0n) is 11.9. The van der Waals surface area contributed by atoms with Gasteiger partial charge in [-0.2, -0.15) is 5.10 Å². The van der Waals surface area contributed by atoms with Crippen LogP contribution in [0.5, 0.6) is 0 Å². The molecule has 6 nitrogen and oxygen atoms in total. The summed E-state index contributed by atoms with van der Waals surface area (Å²) in [5, 5.41) is 14.1. The smallest absolute Gasteiger partial charge is 0.269 e. The van der Waals surface area contributed by atoms with Gasteiger partial charge in [0.2, 0.25) is 0 Å². The molecule has 0 fully saturated rings. The number of aliphatic hydroxyl groups excluding tert-OH is 1. The summed E-state index contributed by atoms with van der Waals surface area (Å²) in [5.41, 5.74) is 7.47. The van der Waals surface area contributed by atoms with Crippen LogP contribution >= 0.6 is 0 Å². The Morgan fingerprint density at radius 2 is 1.90 bits per heavy atom. The maximum Gasteiger partial charge on any atom is 0.269 e. The van der Waals surface area contributed by atoms with E-state index in [1.54, 1.807) is 0 Å². The molecule has 3 N–H and O–H groups in total. The van der Waals surface area contributed by atoms with Crippen LogP contribution in [0.1, 0.15) is 33.3 Å². The molecule has 0 aliphatic carbocycles. The highest BCUT2D eigenvalue weighted by molar-refractivity contribution is 5.90. The van der Waals surface area contributed by atoms with Gasteiger partial charge in [-0.05, 0) is 25.5 Å². The standard InChI is InChI=1S/C15H17N3O3/c1-9-5-10(2)7-11(6-9)13(19)8-18-14(20)4-3-12(17-18)15(16)21/h3-7,13,19H,8H2,1-2H3,(H2,16,21). The molecule has 0 bridgehead atoms. The van der Waals surface area contributed by atoms with Gasteiger partial charge in [-0.15, -0.1) is 0 Å². The number of nitrogens with two attached hydrogens (primary N) is 1. The zero-order valence-corrected chi connectivity index (χ0v) is 11.9. The number of carbonyl (C=O) groups is 1. The van der Waals surface area contributed by atoms with Crippen molar-refractivity contribution in [2.75, 3.05) is 0 Å². The van der Waals surface area contributed by atoms with E-state index in [4.69, 9.17) is 5.73 Å². The Balaban J connectivity index is 2.30. The molecule has 0 radical (unpaired) electrons. The summed E-state index contributed by atoms with van der Waals surface area (Å²) in [6.45, 7) is 3.82. The van der Waals surface area contributed by atoms with Crippen molar-refractivity contribution in [2.45, 2.75) is 26.5 Å². The van der Waals surface area contributed by atoms with Crippen LogP contribution in [0.25, 0.3) is 0 Å². The second kappa shape index (κ2) is 5.88. The second-order valence-corrected chi connectivity index (χ2v) is 5.04. The summed E-state index contributed by atoms with van der Waals surface area (Å²) < 4.78 is 1.04. The van der Waals surface area contributed by atoms with E-state index in [1.807, 2.05) is 32.0 Å². The first-order valence-corrected chi connectivity index (χ1v) is 6.51. The van der Waals surface area contributed by atoms with E-state index in [0.29, 0.717) is 5.56 Å². The van der Waals surface area contributed by atoms with Crippen molar-refractivity contribution < 1.29 is 9.90 Å². The molecule has 0 aliphatic heterocycles. The van der Waals surface area contributed by atoms with Crippen LogP contribution in [-0.2, 0) is 6.54 Å². The lowest BCUT2D eigenvalue weighted by molar-refractivity contribution is 0.0989. The van der Waals surface area contributed by atoms with E-state index in [9.17, 15) is 14.7 Å². The minimum Gasteiger partial charge on any atom is -0.386 e. The van der Waals surface area contributed by atoms with Crippen LogP contribution in [0.3, 0.4) is 0 Å². The summed E-state index contributed by atoms with van der Waals surface area (Å²) in [6.07, 6.45) is -0.892. The van der Waals surface area contributed by atoms with Gasteiger partial charge in [0.25, 0.3) is 11.5 Å². The van der Waals surface area contributed by atoms with Crippen LogP contribution in [0.2, 0.25) is 0 Å². The first-order valence-electron chi connectivity index (χ1n) is 6.51. The quantitative estimate of drug-likeness (QED) is 0.864. The van der Waals surface area contributed by atoms with Gasteiger partial charge in [-0.1, -0.05) is 29.3 Å². The van der Waals surface area contributed by atoms with Crippen molar-refractivity contribution in [3.63, 3.8) is 0 Å². The van der Waals surface area contributed by atoms with Crippen LogP contribution < -0.4 is 11.3 Å². The lowest BCUT2D eigenvalue weighted by atomic mass is 10.0. The molecule has 6 heteroatoms. The Morgan fingerprint density at radius 1 is 1.29 bits per heavy atom. The molecule has 1 amide bonds. The number of amides is 1. The average Bonchev–Trinajstić information content (AvgIpc) is 2.39. The number of nitrogens with zero attached hydrogens (tertiary/aromatic N) is 2. The van der Waals surface area contributed by atoms with Gasteiger partial charge in [-0.25, -0.2) is 4.68 Å². The lowest BCUT2D eigenvalue weighted by Crippen LogP contribution is -2.28. The fourth-order valence-electron chi connectivity index (χ4n) is 2.18. The first-order chi connectivity index (χ1) is 9.86. The number of primary amides is 1. The molecular weight excluding hydrogens is 270 g/mol. The van der Waals surface area contributed by atoms with Crippen molar-refractivity contribution in [2.24, 2.45) is 5.73 Å². The molecule has 1 aromatic carbocycles. The number of rotatable bonds is 4. The molecule has 1 heterocycles. The minimum atomic E-state index is -0.892. The number of aryl methyl sites for hydroxylation is 2. The molecule has 1 atom stereocenters. The van der Waals surface area contributed by atoms with Crippen LogP contribution in [0, 0.1) is 13.8 Å². The Hall–Kier alpha value is -2.47. The molecule has 110 valence electrons. The lowest BCUT2D eigenvalue weighted by Gasteiger charge is -2.14. The third-order valence-corrected chi connectivity index (χ3v) is 3.09. The Bertz CT molecular complexity index is 717.